The van der Waals surface area contributed by atoms with Gasteiger partial charge >= 0.3 is 0 Å². The third-order valence-corrected chi connectivity index (χ3v) is 9.37. The van der Waals surface area contributed by atoms with Crippen molar-refractivity contribution < 1.29 is 63.1 Å². The predicted molar refractivity (Wildman–Crippen MR) is 169 cm³/mol. The van der Waals surface area contributed by atoms with E-state index in [1.807, 2.05) is 0 Å². The van der Waals surface area contributed by atoms with Crippen molar-refractivity contribution in [1.82, 2.24) is 0 Å². The second-order valence-corrected chi connectivity index (χ2v) is 12.0. The van der Waals surface area contributed by atoms with Crippen molar-refractivity contribution in [2.45, 2.75) is 6.92 Å². The maximum Gasteiger partial charge on any atom is 0.266 e. The van der Waals surface area contributed by atoms with E-state index >= 15 is 0 Å². The van der Waals surface area contributed by atoms with E-state index in [0.717, 1.165) is 18.2 Å². The highest BCUT2D eigenvalue weighted by atomic mass is 19.2. The van der Waals surface area contributed by atoms with E-state index < -0.39 is 99.2 Å². The van der Waals surface area contributed by atoms with Crippen LogP contribution in [-0.2, 0) is 4.79 Å². The van der Waals surface area contributed by atoms with Gasteiger partial charge < -0.3 is 0 Å². The van der Waals surface area contributed by atoms with Crippen molar-refractivity contribution in [3.8, 4) is 0 Å². The molecule has 8 rings (SSSR count). The van der Waals surface area contributed by atoms with Gasteiger partial charge in [-0.15, -0.1) is 0 Å². The molecule has 0 radical (unpaired) electrons. The van der Waals surface area contributed by atoms with Gasteiger partial charge in [-0.3, -0.25) is 19.2 Å². The molecular formula is C37H12F10N2O4. The largest absolute Gasteiger partial charge is 0.278 e. The molecule has 0 atom stereocenters. The van der Waals surface area contributed by atoms with E-state index in [-0.39, 0.29) is 37.1 Å². The van der Waals surface area contributed by atoms with Crippen LogP contribution >= 0.6 is 0 Å². The molecule has 264 valence electrons. The second kappa shape index (κ2) is 11.2. The van der Waals surface area contributed by atoms with Crippen LogP contribution in [0.2, 0.25) is 0 Å². The SMILES string of the molecule is Cc1ccc2c3ccc4c5c(ccc(c6ccc(C(=O)N(C=O)c7c(F)c(F)c(F)c(F)c7F)c1c26)c53)C(=O)N(c1c(F)c(F)c(F)c(F)c1F)C4=O. The summed E-state index contributed by atoms with van der Waals surface area (Å²) in [4.78, 5) is 52.9. The quantitative estimate of drug-likeness (QED) is 0.0344. The summed E-state index contributed by atoms with van der Waals surface area (Å²) < 4.78 is 143. The summed E-state index contributed by atoms with van der Waals surface area (Å²) in [6.07, 6.45) is -0.410. The van der Waals surface area contributed by atoms with Crippen molar-refractivity contribution in [3.05, 3.63) is 129 Å². The first-order chi connectivity index (χ1) is 25.1. The first-order valence-corrected chi connectivity index (χ1v) is 15.0. The van der Waals surface area contributed by atoms with E-state index in [9.17, 15) is 63.1 Å². The highest BCUT2D eigenvalue weighted by molar-refractivity contribution is 6.43. The van der Waals surface area contributed by atoms with Gasteiger partial charge in [-0.1, -0.05) is 30.3 Å². The minimum absolute atomic E-state index is 0.0342. The molecule has 0 bridgehead atoms. The smallest absolute Gasteiger partial charge is 0.266 e. The third-order valence-electron chi connectivity index (χ3n) is 9.37. The lowest BCUT2D eigenvalue weighted by molar-refractivity contribution is -0.107. The molecular weight excluding hydrogens is 726 g/mol. The molecule has 7 aromatic carbocycles. The molecule has 0 aliphatic carbocycles. The second-order valence-electron chi connectivity index (χ2n) is 12.0. The molecule has 0 fully saturated rings. The number of imide groups is 2. The number of hydrogen-bond donors (Lipinski definition) is 0. The molecule has 4 amide bonds. The van der Waals surface area contributed by atoms with Gasteiger partial charge in [0.1, 0.15) is 11.4 Å². The normalized spacial score (nSPS) is 13.0. The molecule has 7 aromatic rings. The van der Waals surface area contributed by atoms with Crippen LogP contribution in [0, 0.1) is 65.1 Å². The number of hydrogen-bond acceptors (Lipinski definition) is 4. The molecule has 0 aromatic heterocycles. The maximum atomic E-state index is 14.9. The van der Waals surface area contributed by atoms with E-state index in [2.05, 4.69) is 0 Å². The summed E-state index contributed by atoms with van der Waals surface area (Å²) in [6, 6.07) is 10.6. The highest BCUT2D eigenvalue weighted by Crippen LogP contribution is 2.46. The van der Waals surface area contributed by atoms with Gasteiger partial charge in [0.15, 0.2) is 46.5 Å². The zero-order chi connectivity index (χ0) is 38.1. The van der Waals surface area contributed by atoms with Crippen LogP contribution in [0.5, 0.6) is 0 Å². The Morgan fingerprint density at radius 1 is 0.528 bits per heavy atom. The summed E-state index contributed by atoms with van der Waals surface area (Å²) in [6.45, 7) is 1.53. The Morgan fingerprint density at radius 3 is 1.40 bits per heavy atom. The Kier molecular flexibility index (Phi) is 7.10. The number of fused-ring (bicyclic) bond motifs is 2. The molecule has 0 spiro atoms. The number of aryl methyl sites for hydroxylation is 1. The standard InChI is InChI=1S/C37H12F10N2O4/c1-11-2-3-12-14-5-8-17-22-18(37(53)49(36(17)52)34-31(46)27(42)24(39)28(43)32(34)47)9-6-15(21(14)22)13-4-7-16(19(11)20(12)13)35(51)48(10-50)33-29(44)25(40)23(38)26(41)30(33)45/h2-10H,1H3. The lowest BCUT2D eigenvalue weighted by atomic mass is 9.83. The third kappa shape index (κ3) is 4.16. The number of carbonyl (C=O) groups is 4. The topological polar surface area (TPSA) is 74.8 Å². The molecule has 1 heterocycles. The van der Waals surface area contributed by atoms with Gasteiger partial charge in [0.05, 0.1) is 0 Å². The van der Waals surface area contributed by atoms with Gasteiger partial charge in [0, 0.05) is 22.1 Å². The molecule has 6 nitrogen and oxygen atoms in total. The van der Waals surface area contributed by atoms with Crippen LogP contribution in [0.15, 0.2) is 48.5 Å². The molecule has 0 saturated carbocycles. The van der Waals surface area contributed by atoms with Crippen LogP contribution in [-0.4, -0.2) is 24.1 Å². The molecule has 16 heteroatoms. The van der Waals surface area contributed by atoms with Crippen molar-refractivity contribution in [1.29, 1.82) is 0 Å². The monoisotopic (exact) mass is 738 g/mol. The number of rotatable bonds is 4. The first-order valence-electron chi connectivity index (χ1n) is 15.0. The average molecular weight is 738 g/mol. The van der Waals surface area contributed by atoms with Crippen LogP contribution in [0.3, 0.4) is 0 Å². The van der Waals surface area contributed by atoms with E-state index in [1.165, 1.54) is 31.2 Å². The fourth-order valence-electron chi connectivity index (χ4n) is 7.06. The van der Waals surface area contributed by atoms with E-state index in [4.69, 9.17) is 0 Å². The van der Waals surface area contributed by atoms with Crippen molar-refractivity contribution in [2.75, 3.05) is 9.80 Å². The summed E-state index contributed by atoms with van der Waals surface area (Å²) in [5.74, 6) is -28.5. The summed E-state index contributed by atoms with van der Waals surface area (Å²) in [5.41, 5.74) is -4.29. The van der Waals surface area contributed by atoms with Gasteiger partial charge in [0.2, 0.25) is 18.0 Å². The Morgan fingerprint density at radius 2 is 0.925 bits per heavy atom. The Bertz CT molecular complexity index is 2780. The van der Waals surface area contributed by atoms with Crippen LogP contribution in [0.4, 0.5) is 55.3 Å². The van der Waals surface area contributed by atoms with E-state index in [0.29, 0.717) is 32.5 Å². The fourth-order valence-corrected chi connectivity index (χ4v) is 7.06. The lowest BCUT2D eigenvalue weighted by Crippen LogP contribution is -2.42. The van der Waals surface area contributed by atoms with Gasteiger partial charge in [-0.2, -0.15) is 0 Å². The van der Waals surface area contributed by atoms with Gasteiger partial charge in [-0.25, -0.2) is 53.7 Å². The predicted octanol–water partition coefficient (Wildman–Crippen LogP) is 9.04. The zero-order valence-electron chi connectivity index (χ0n) is 26.0. The fraction of sp³-hybridized carbons (Fsp3) is 0.0270. The Balaban J connectivity index is 1.37. The van der Waals surface area contributed by atoms with Crippen molar-refractivity contribution in [2.24, 2.45) is 0 Å². The summed E-state index contributed by atoms with van der Waals surface area (Å²) in [5, 5.41) is 1.90. The molecule has 53 heavy (non-hydrogen) atoms. The number of benzene rings is 7. The maximum absolute atomic E-state index is 14.9. The molecule has 0 saturated heterocycles. The number of carbonyl (C=O) groups excluding carboxylic acids is 4. The van der Waals surface area contributed by atoms with E-state index in [1.54, 1.807) is 6.07 Å². The van der Waals surface area contributed by atoms with Crippen LogP contribution < -0.4 is 9.80 Å². The number of amides is 4. The minimum atomic E-state index is -2.51. The molecule has 0 N–H and O–H groups in total. The lowest BCUT2D eigenvalue weighted by Gasteiger charge is -2.29. The average Bonchev–Trinajstić information content (AvgIpc) is 3.16. The summed E-state index contributed by atoms with van der Waals surface area (Å²) >= 11 is 0. The van der Waals surface area contributed by atoms with Crippen LogP contribution in [0.1, 0.15) is 36.6 Å². The van der Waals surface area contributed by atoms with Crippen molar-refractivity contribution in [3.63, 3.8) is 0 Å². The van der Waals surface area contributed by atoms with Gasteiger partial charge in [-0.05, 0) is 68.4 Å². The molecule has 1 aliphatic rings. The highest BCUT2D eigenvalue weighted by Gasteiger charge is 2.41. The Hall–Kier alpha value is -6.58. The number of nitrogens with zero attached hydrogens (tertiary/aromatic N) is 2. The molecule has 0 unspecified atom stereocenters. The minimum Gasteiger partial charge on any atom is -0.278 e. The number of anilines is 2. The first kappa shape index (κ1) is 33.6. The van der Waals surface area contributed by atoms with Crippen molar-refractivity contribution >= 4 is 78.6 Å². The number of halogens is 10. The molecule has 1 aliphatic heterocycles. The zero-order valence-corrected chi connectivity index (χ0v) is 26.0. The summed E-state index contributed by atoms with van der Waals surface area (Å²) in [7, 11) is 0. The van der Waals surface area contributed by atoms with Gasteiger partial charge in [0.25, 0.3) is 17.7 Å². The Labute approximate surface area is 287 Å². The van der Waals surface area contributed by atoms with Crippen LogP contribution in [0.25, 0.3) is 43.1 Å².